The van der Waals surface area contributed by atoms with Crippen molar-refractivity contribution in [1.29, 1.82) is 0 Å². The van der Waals surface area contributed by atoms with Crippen LogP contribution in [0.1, 0.15) is 5.82 Å². The SMILES string of the molecule is CNc1nc(C)nnc1-c1ccccc1. The molecular formula is C11H12N4. The van der Waals surface area contributed by atoms with Crippen LogP contribution in [-0.2, 0) is 0 Å². The van der Waals surface area contributed by atoms with Crippen LogP contribution in [0.4, 0.5) is 5.82 Å². The molecule has 0 atom stereocenters. The molecule has 2 aromatic rings. The fraction of sp³-hybridized carbons (Fsp3) is 0.182. The summed E-state index contributed by atoms with van der Waals surface area (Å²) in [6.45, 7) is 1.82. The van der Waals surface area contributed by atoms with Gasteiger partial charge in [-0.2, -0.15) is 0 Å². The summed E-state index contributed by atoms with van der Waals surface area (Å²) in [7, 11) is 1.83. The van der Waals surface area contributed by atoms with Gasteiger partial charge in [-0.1, -0.05) is 30.3 Å². The van der Waals surface area contributed by atoms with Gasteiger partial charge in [0, 0.05) is 12.6 Å². The van der Waals surface area contributed by atoms with E-state index in [0.29, 0.717) is 5.82 Å². The second kappa shape index (κ2) is 4.04. The van der Waals surface area contributed by atoms with Crippen molar-refractivity contribution in [2.45, 2.75) is 6.92 Å². The zero-order valence-corrected chi connectivity index (χ0v) is 8.73. The third kappa shape index (κ3) is 1.93. The van der Waals surface area contributed by atoms with Crippen molar-refractivity contribution in [2.24, 2.45) is 0 Å². The molecule has 0 spiro atoms. The lowest BCUT2D eigenvalue weighted by Gasteiger charge is -2.06. The van der Waals surface area contributed by atoms with Crippen molar-refractivity contribution < 1.29 is 0 Å². The van der Waals surface area contributed by atoms with E-state index in [1.807, 2.05) is 44.3 Å². The molecule has 0 aliphatic heterocycles. The normalized spacial score (nSPS) is 10.0. The quantitative estimate of drug-likeness (QED) is 0.804. The number of nitrogens with zero attached hydrogens (tertiary/aromatic N) is 3. The van der Waals surface area contributed by atoms with Crippen molar-refractivity contribution in [3.05, 3.63) is 36.2 Å². The van der Waals surface area contributed by atoms with Crippen LogP contribution in [0.3, 0.4) is 0 Å². The minimum absolute atomic E-state index is 0.666. The maximum atomic E-state index is 4.28. The number of nitrogens with one attached hydrogen (secondary N) is 1. The number of rotatable bonds is 2. The van der Waals surface area contributed by atoms with E-state index < -0.39 is 0 Å². The molecule has 2 rings (SSSR count). The zero-order chi connectivity index (χ0) is 10.7. The first kappa shape index (κ1) is 9.58. The minimum Gasteiger partial charge on any atom is -0.371 e. The van der Waals surface area contributed by atoms with Crippen LogP contribution < -0.4 is 5.32 Å². The molecule has 0 fully saturated rings. The van der Waals surface area contributed by atoms with E-state index in [0.717, 1.165) is 17.1 Å². The van der Waals surface area contributed by atoms with Gasteiger partial charge in [0.25, 0.3) is 0 Å². The number of aromatic nitrogens is 3. The third-order valence-corrected chi connectivity index (χ3v) is 2.08. The number of hydrogen-bond acceptors (Lipinski definition) is 4. The predicted octanol–water partition coefficient (Wildman–Crippen LogP) is 1.89. The van der Waals surface area contributed by atoms with Gasteiger partial charge in [0.1, 0.15) is 11.5 Å². The lowest BCUT2D eigenvalue weighted by molar-refractivity contribution is 0.916. The average molecular weight is 200 g/mol. The molecule has 1 heterocycles. The van der Waals surface area contributed by atoms with Crippen LogP contribution >= 0.6 is 0 Å². The van der Waals surface area contributed by atoms with Crippen LogP contribution in [0.5, 0.6) is 0 Å². The van der Waals surface area contributed by atoms with Crippen molar-refractivity contribution in [3.63, 3.8) is 0 Å². The predicted molar refractivity (Wildman–Crippen MR) is 59.5 cm³/mol. The summed E-state index contributed by atoms with van der Waals surface area (Å²) < 4.78 is 0. The number of aryl methyl sites for hydroxylation is 1. The Morgan fingerprint density at radius 1 is 1.07 bits per heavy atom. The van der Waals surface area contributed by atoms with Crippen molar-refractivity contribution in [3.8, 4) is 11.3 Å². The van der Waals surface area contributed by atoms with Gasteiger partial charge in [-0.25, -0.2) is 4.98 Å². The standard InChI is InChI=1S/C11H12N4/c1-8-13-11(12-2)10(15-14-8)9-6-4-3-5-7-9/h3-7H,1-2H3,(H,12,13,14). The summed E-state index contributed by atoms with van der Waals surface area (Å²) in [4.78, 5) is 4.28. The Labute approximate surface area is 88.4 Å². The van der Waals surface area contributed by atoms with E-state index in [1.165, 1.54) is 0 Å². The first-order valence-corrected chi connectivity index (χ1v) is 4.76. The van der Waals surface area contributed by atoms with E-state index in [1.54, 1.807) is 0 Å². The largest absolute Gasteiger partial charge is 0.371 e. The molecule has 0 amide bonds. The topological polar surface area (TPSA) is 50.7 Å². The van der Waals surface area contributed by atoms with Gasteiger partial charge in [-0.3, -0.25) is 0 Å². The van der Waals surface area contributed by atoms with E-state index in [2.05, 4.69) is 20.5 Å². The van der Waals surface area contributed by atoms with Crippen molar-refractivity contribution >= 4 is 5.82 Å². The Hall–Kier alpha value is -1.97. The third-order valence-electron chi connectivity index (χ3n) is 2.08. The molecule has 0 bridgehead atoms. The Morgan fingerprint density at radius 3 is 2.47 bits per heavy atom. The van der Waals surface area contributed by atoms with Gasteiger partial charge in [-0.15, -0.1) is 10.2 Å². The fourth-order valence-corrected chi connectivity index (χ4v) is 1.37. The van der Waals surface area contributed by atoms with Crippen LogP contribution in [0.2, 0.25) is 0 Å². The molecule has 15 heavy (non-hydrogen) atoms. The highest BCUT2D eigenvalue weighted by Gasteiger charge is 2.07. The number of benzene rings is 1. The molecule has 0 aliphatic rings. The monoisotopic (exact) mass is 200 g/mol. The smallest absolute Gasteiger partial charge is 0.156 e. The van der Waals surface area contributed by atoms with Gasteiger partial charge in [-0.05, 0) is 6.92 Å². The van der Waals surface area contributed by atoms with Gasteiger partial charge in [0.2, 0.25) is 0 Å². The molecule has 4 nitrogen and oxygen atoms in total. The van der Waals surface area contributed by atoms with Crippen molar-refractivity contribution in [2.75, 3.05) is 12.4 Å². The van der Waals surface area contributed by atoms with Crippen molar-refractivity contribution in [1.82, 2.24) is 15.2 Å². The first-order valence-electron chi connectivity index (χ1n) is 4.76. The highest BCUT2D eigenvalue weighted by molar-refractivity contribution is 5.70. The summed E-state index contributed by atoms with van der Waals surface area (Å²) in [6.07, 6.45) is 0. The summed E-state index contributed by atoms with van der Waals surface area (Å²) in [5, 5.41) is 11.1. The summed E-state index contributed by atoms with van der Waals surface area (Å²) in [5.41, 5.74) is 1.80. The molecule has 0 unspecified atom stereocenters. The Bertz CT molecular complexity index is 453. The molecule has 0 saturated carbocycles. The van der Waals surface area contributed by atoms with Gasteiger partial charge >= 0.3 is 0 Å². The Kier molecular flexibility index (Phi) is 2.58. The van der Waals surface area contributed by atoms with E-state index in [9.17, 15) is 0 Å². The molecule has 1 N–H and O–H groups in total. The number of anilines is 1. The van der Waals surface area contributed by atoms with Gasteiger partial charge < -0.3 is 5.32 Å². The summed E-state index contributed by atoms with van der Waals surface area (Å²) in [6, 6.07) is 9.88. The molecule has 76 valence electrons. The molecule has 1 aromatic carbocycles. The van der Waals surface area contributed by atoms with Crippen LogP contribution in [0, 0.1) is 6.92 Å². The van der Waals surface area contributed by atoms with Crippen LogP contribution in [0.15, 0.2) is 30.3 Å². The summed E-state index contributed by atoms with van der Waals surface area (Å²) >= 11 is 0. The molecule has 0 aliphatic carbocycles. The first-order chi connectivity index (χ1) is 7.31. The van der Waals surface area contributed by atoms with Gasteiger partial charge in [0.05, 0.1) is 0 Å². The minimum atomic E-state index is 0.666. The highest BCUT2D eigenvalue weighted by Crippen LogP contribution is 2.22. The average Bonchev–Trinajstić information content (AvgIpc) is 2.30. The second-order valence-electron chi connectivity index (χ2n) is 3.17. The Balaban J connectivity index is 2.53. The van der Waals surface area contributed by atoms with E-state index in [4.69, 9.17) is 0 Å². The highest BCUT2D eigenvalue weighted by atomic mass is 15.2. The Morgan fingerprint density at radius 2 is 1.80 bits per heavy atom. The maximum Gasteiger partial charge on any atom is 0.156 e. The van der Waals surface area contributed by atoms with E-state index in [-0.39, 0.29) is 0 Å². The van der Waals surface area contributed by atoms with Crippen LogP contribution in [-0.4, -0.2) is 22.2 Å². The van der Waals surface area contributed by atoms with E-state index >= 15 is 0 Å². The fourth-order valence-electron chi connectivity index (χ4n) is 1.37. The summed E-state index contributed by atoms with van der Waals surface area (Å²) in [5.74, 6) is 1.42. The van der Waals surface area contributed by atoms with Gasteiger partial charge in [0.15, 0.2) is 5.82 Å². The molecule has 4 heteroatoms. The molecule has 0 radical (unpaired) electrons. The maximum absolute atomic E-state index is 4.28. The molecule has 0 saturated heterocycles. The second-order valence-corrected chi connectivity index (χ2v) is 3.17. The van der Waals surface area contributed by atoms with Crippen LogP contribution in [0.25, 0.3) is 11.3 Å². The lowest BCUT2D eigenvalue weighted by atomic mass is 10.1. The lowest BCUT2D eigenvalue weighted by Crippen LogP contribution is -2.02. The molecular weight excluding hydrogens is 188 g/mol. The molecule has 1 aromatic heterocycles. The zero-order valence-electron chi connectivity index (χ0n) is 8.73. The number of hydrogen-bond donors (Lipinski definition) is 1.